The van der Waals surface area contributed by atoms with Gasteiger partial charge in [0, 0.05) is 13.2 Å². The summed E-state index contributed by atoms with van der Waals surface area (Å²) in [6.07, 6.45) is 1.40. The van der Waals surface area contributed by atoms with Crippen molar-refractivity contribution in [1.82, 2.24) is 4.98 Å². The SMILES string of the molecule is CNc1nccc(Cl)c1[N+](=O)[O-]. The average molecular weight is 188 g/mol. The minimum absolute atomic E-state index is 0.0827. The zero-order valence-corrected chi connectivity index (χ0v) is 7.00. The largest absolute Gasteiger partial charge is 0.367 e. The summed E-state index contributed by atoms with van der Waals surface area (Å²) in [5.74, 6) is 0.174. The van der Waals surface area contributed by atoms with E-state index >= 15 is 0 Å². The van der Waals surface area contributed by atoms with E-state index in [0.29, 0.717) is 0 Å². The van der Waals surface area contributed by atoms with E-state index in [0.717, 1.165) is 0 Å². The molecule has 1 aromatic heterocycles. The Morgan fingerprint density at radius 2 is 2.42 bits per heavy atom. The van der Waals surface area contributed by atoms with E-state index in [4.69, 9.17) is 11.6 Å². The van der Waals surface area contributed by atoms with Gasteiger partial charge in [-0.1, -0.05) is 11.6 Å². The number of anilines is 1. The van der Waals surface area contributed by atoms with Gasteiger partial charge in [-0.2, -0.15) is 0 Å². The maximum Gasteiger partial charge on any atom is 0.329 e. The van der Waals surface area contributed by atoms with E-state index < -0.39 is 4.92 Å². The molecule has 0 bridgehead atoms. The molecule has 0 saturated heterocycles. The molecule has 0 aliphatic carbocycles. The molecular weight excluding hydrogens is 182 g/mol. The molecule has 6 heteroatoms. The number of pyridine rings is 1. The Morgan fingerprint density at radius 3 is 2.83 bits per heavy atom. The number of nitro groups is 1. The number of hydrogen-bond donors (Lipinski definition) is 1. The smallest absolute Gasteiger partial charge is 0.329 e. The van der Waals surface area contributed by atoms with Crippen LogP contribution in [0, 0.1) is 10.1 Å². The number of hydrogen-bond acceptors (Lipinski definition) is 4. The van der Waals surface area contributed by atoms with E-state index in [1.807, 2.05) is 0 Å². The highest BCUT2D eigenvalue weighted by Gasteiger charge is 2.18. The molecular formula is C6H6ClN3O2. The molecule has 64 valence electrons. The Morgan fingerprint density at radius 1 is 1.75 bits per heavy atom. The monoisotopic (exact) mass is 187 g/mol. The van der Waals surface area contributed by atoms with Gasteiger partial charge in [-0.25, -0.2) is 4.98 Å². The van der Waals surface area contributed by atoms with Crippen LogP contribution in [0.15, 0.2) is 12.3 Å². The van der Waals surface area contributed by atoms with Gasteiger partial charge in [0.05, 0.1) is 4.92 Å². The van der Waals surface area contributed by atoms with Crippen molar-refractivity contribution in [2.45, 2.75) is 0 Å². The third kappa shape index (κ3) is 1.45. The van der Waals surface area contributed by atoms with Crippen LogP contribution in [0.2, 0.25) is 5.02 Å². The minimum Gasteiger partial charge on any atom is -0.367 e. The fourth-order valence-electron chi connectivity index (χ4n) is 0.787. The molecule has 12 heavy (non-hydrogen) atoms. The highest BCUT2D eigenvalue weighted by atomic mass is 35.5. The summed E-state index contributed by atoms with van der Waals surface area (Å²) < 4.78 is 0. The molecule has 0 saturated carbocycles. The van der Waals surface area contributed by atoms with Crippen LogP contribution in [0.1, 0.15) is 0 Å². The van der Waals surface area contributed by atoms with Crippen molar-refractivity contribution >= 4 is 23.1 Å². The summed E-state index contributed by atoms with van der Waals surface area (Å²) in [5, 5.41) is 13.1. The van der Waals surface area contributed by atoms with Crippen LogP contribution in [0.25, 0.3) is 0 Å². The number of aromatic nitrogens is 1. The van der Waals surface area contributed by atoms with Gasteiger partial charge in [0.2, 0.25) is 5.82 Å². The van der Waals surface area contributed by atoms with Crippen LogP contribution >= 0.6 is 11.6 Å². The molecule has 0 fully saturated rings. The summed E-state index contributed by atoms with van der Waals surface area (Å²) in [7, 11) is 1.55. The fraction of sp³-hybridized carbons (Fsp3) is 0.167. The van der Waals surface area contributed by atoms with Crippen LogP contribution in [0.3, 0.4) is 0 Å². The van der Waals surface area contributed by atoms with Gasteiger partial charge < -0.3 is 5.32 Å². The zero-order valence-electron chi connectivity index (χ0n) is 6.24. The first-order chi connectivity index (χ1) is 5.66. The van der Waals surface area contributed by atoms with Crippen molar-refractivity contribution in [3.05, 3.63) is 27.4 Å². The summed E-state index contributed by atoms with van der Waals surface area (Å²) in [5.41, 5.74) is -0.193. The molecule has 5 nitrogen and oxygen atoms in total. The Bertz CT molecular complexity index is 316. The molecule has 1 rings (SSSR count). The van der Waals surface area contributed by atoms with Crippen LogP contribution in [-0.4, -0.2) is 17.0 Å². The van der Waals surface area contributed by atoms with Crippen molar-refractivity contribution in [3.8, 4) is 0 Å². The molecule has 0 spiro atoms. The first-order valence-electron chi connectivity index (χ1n) is 3.13. The van der Waals surface area contributed by atoms with Crippen molar-refractivity contribution in [2.75, 3.05) is 12.4 Å². The molecule has 0 atom stereocenters. The summed E-state index contributed by atoms with van der Waals surface area (Å²) in [6.45, 7) is 0. The van der Waals surface area contributed by atoms with E-state index in [1.165, 1.54) is 12.3 Å². The number of nitrogens with one attached hydrogen (secondary N) is 1. The fourth-order valence-corrected chi connectivity index (χ4v) is 1.00. The van der Waals surface area contributed by atoms with E-state index in [2.05, 4.69) is 10.3 Å². The normalized spacial score (nSPS) is 9.50. The summed E-state index contributed by atoms with van der Waals surface area (Å²) in [6, 6.07) is 1.38. The van der Waals surface area contributed by atoms with Gasteiger partial charge in [0.1, 0.15) is 5.02 Å². The quantitative estimate of drug-likeness (QED) is 0.565. The van der Waals surface area contributed by atoms with Crippen molar-refractivity contribution in [3.63, 3.8) is 0 Å². The lowest BCUT2D eigenvalue weighted by Gasteiger charge is -2.00. The second-order valence-electron chi connectivity index (χ2n) is 2.00. The predicted molar refractivity (Wildman–Crippen MR) is 45.4 cm³/mol. The van der Waals surface area contributed by atoms with E-state index in [-0.39, 0.29) is 16.5 Å². The van der Waals surface area contributed by atoms with Crippen molar-refractivity contribution in [1.29, 1.82) is 0 Å². The summed E-state index contributed by atoms with van der Waals surface area (Å²) in [4.78, 5) is 13.6. The third-order valence-electron chi connectivity index (χ3n) is 1.29. The number of halogens is 1. The highest BCUT2D eigenvalue weighted by Crippen LogP contribution is 2.29. The van der Waals surface area contributed by atoms with Crippen LogP contribution in [0.4, 0.5) is 11.5 Å². The first kappa shape index (κ1) is 8.73. The lowest BCUT2D eigenvalue weighted by Crippen LogP contribution is -1.99. The molecule has 1 heterocycles. The number of nitrogens with zero attached hydrogens (tertiary/aromatic N) is 2. The minimum atomic E-state index is -0.568. The molecule has 0 aromatic carbocycles. The van der Waals surface area contributed by atoms with Crippen molar-refractivity contribution < 1.29 is 4.92 Å². The molecule has 1 N–H and O–H groups in total. The average Bonchev–Trinajstić information content (AvgIpc) is 2.03. The Labute approximate surface area is 73.5 Å². The van der Waals surface area contributed by atoms with Gasteiger partial charge in [0.25, 0.3) is 0 Å². The first-order valence-corrected chi connectivity index (χ1v) is 3.51. The second-order valence-corrected chi connectivity index (χ2v) is 2.40. The topological polar surface area (TPSA) is 68.1 Å². The third-order valence-corrected chi connectivity index (χ3v) is 1.60. The van der Waals surface area contributed by atoms with Gasteiger partial charge in [0.15, 0.2) is 0 Å². The Kier molecular flexibility index (Phi) is 2.44. The predicted octanol–water partition coefficient (Wildman–Crippen LogP) is 1.68. The van der Waals surface area contributed by atoms with Gasteiger partial charge in [-0.05, 0) is 6.07 Å². The Balaban J connectivity index is 3.29. The molecule has 1 aromatic rings. The Hall–Kier alpha value is -1.36. The maximum absolute atomic E-state index is 10.4. The van der Waals surface area contributed by atoms with Crippen LogP contribution in [-0.2, 0) is 0 Å². The second kappa shape index (κ2) is 3.36. The maximum atomic E-state index is 10.4. The van der Waals surface area contributed by atoms with Crippen LogP contribution < -0.4 is 5.32 Å². The van der Waals surface area contributed by atoms with Gasteiger partial charge >= 0.3 is 5.69 Å². The molecule has 0 aliphatic heterocycles. The lowest BCUT2D eigenvalue weighted by molar-refractivity contribution is -0.384. The zero-order chi connectivity index (χ0) is 9.14. The van der Waals surface area contributed by atoms with Gasteiger partial charge in [-0.3, -0.25) is 10.1 Å². The van der Waals surface area contributed by atoms with E-state index in [9.17, 15) is 10.1 Å². The molecule has 0 aliphatic rings. The number of rotatable bonds is 2. The van der Waals surface area contributed by atoms with E-state index in [1.54, 1.807) is 7.05 Å². The lowest BCUT2D eigenvalue weighted by atomic mass is 10.4. The molecule has 0 radical (unpaired) electrons. The highest BCUT2D eigenvalue weighted by molar-refractivity contribution is 6.33. The molecule has 0 amide bonds. The van der Waals surface area contributed by atoms with Crippen molar-refractivity contribution in [2.24, 2.45) is 0 Å². The van der Waals surface area contributed by atoms with Crippen LogP contribution in [0.5, 0.6) is 0 Å². The van der Waals surface area contributed by atoms with Gasteiger partial charge in [-0.15, -0.1) is 0 Å². The standard InChI is InChI=1S/C6H6ClN3O2/c1-8-6-5(10(11)12)4(7)2-3-9-6/h2-3H,1H3,(H,8,9). The molecule has 0 unspecified atom stereocenters. The summed E-state index contributed by atoms with van der Waals surface area (Å²) >= 11 is 5.58.